The lowest BCUT2D eigenvalue weighted by Crippen LogP contribution is -2.34. The molecule has 0 radical (unpaired) electrons. The van der Waals surface area contributed by atoms with E-state index in [-0.39, 0.29) is 16.5 Å². The number of amides is 2. The van der Waals surface area contributed by atoms with E-state index in [0.717, 1.165) is 0 Å². The average Bonchev–Trinajstić information content (AvgIpc) is 2.59. The minimum absolute atomic E-state index is 0.168. The second-order valence-corrected chi connectivity index (χ2v) is 5.45. The molecule has 0 aliphatic carbocycles. The highest BCUT2D eigenvalue weighted by Crippen LogP contribution is 2.35. The quantitative estimate of drug-likeness (QED) is 0.856. The molecule has 2 amide bonds. The van der Waals surface area contributed by atoms with Crippen molar-refractivity contribution in [2.45, 2.75) is 13.0 Å². The van der Waals surface area contributed by atoms with Crippen LogP contribution in [0.3, 0.4) is 0 Å². The van der Waals surface area contributed by atoms with Crippen molar-refractivity contribution < 1.29 is 23.5 Å². The lowest BCUT2D eigenvalue weighted by molar-refractivity contribution is -0.122. The number of rotatable bonds is 2. The van der Waals surface area contributed by atoms with E-state index >= 15 is 0 Å². The van der Waals surface area contributed by atoms with Crippen LogP contribution in [0.25, 0.3) is 0 Å². The SMILES string of the molecule is C=O.CC1Oc2cc(C(=O)Nc3ccc(F)cc3)c(Cl)cc2NC1=O. The number of nitrogens with one attached hydrogen (secondary N) is 2. The summed E-state index contributed by atoms with van der Waals surface area (Å²) in [5.41, 5.74) is 1.04. The van der Waals surface area contributed by atoms with Gasteiger partial charge in [0, 0.05) is 5.69 Å². The summed E-state index contributed by atoms with van der Waals surface area (Å²) in [4.78, 5) is 31.9. The lowest BCUT2D eigenvalue weighted by Gasteiger charge is -2.24. The molecule has 6 nitrogen and oxygen atoms in total. The van der Waals surface area contributed by atoms with Crippen molar-refractivity contribution in [3.8, 4) is 5.75 Å². The molecular formula is C17H14ClFN2O4. The Hall–Kier alpha value is -2.93. The van der Waals surface area contributed by atoms with Crippen LogP contribution in [0.5, 0.6) is 5.75 Å². The number of benzene rings is 2. The van der Waals surface area contributed by atoms with Gasteiger partial charge in [-0.1, -0.05) is 11.6 Å². The van der Waals surface area contributed by atoms with Crippen molar-refractivity contribution in [1.82, 2.24) is 0 Å². The Balaban J connectivity index is 0.00000109. The third-order valence-corrected chi connectivity index (χ3v) is 3.66. The monoisotopic (exact) mass is 364 g/mol. The molecule has 1 aliphatic rings. The van der Waals surface area contributed by atoms with Crippen LogP contribution < -0.4 is 15.4 Å². The molecule has 0 bridgehead atoms. The van der Waals surface area contributed by atoms with E-state index in [1.165, 1.54) is 36.4 Å². The summed E-state index contributed by atoms with van der Waals surface area (Å²) in [7, 11) is 0. The Morgan fingerprint density at radius 3 is 2.56 bits per heavy atom. The summed E-state index contributed by atoms with van der Waals surface area (Å²) in [5.74, 6) is -0.770. The molecule has 2 N–H and O–H groups in total. The fraction of sp³-hybridized carbons (Fsp3) is 0.118. The molecule has 0 fully saturated rings. The van der Waals surface area contributed by atoms with Crippen molar-refractivity contribution >= 4 is 41.6 Å². The highest BCUT2D eigenvalue weighted by molar-refractivity contribution is 6.35. The number of carbonyl (C=O) groups is 3. The molecule has 2 aromatic rings. The number of anilines is 2. The van der Waals surface area contributed by atoms with Gasteiger partial charge >= 0.3 is 0 Å². The fourth-order valence-corrected chi connectivity index (χ4v) is 2.38. The van der Waals surface area contributed by atoms with E-state index in [0.29, 0.717) is 17.1 Å². The van der Waals surface area contributed by atoms with Gasteiger partial charge in [0.15, 0.2) is 6.10 Å². The molecule has 0 saturated heterocycles. The number of fused-ring (bicyclic) bond motifs is 1. The second kappa shape index (κ2) is 7.76. The van der Waals surface area contributed by atoms with Crippen LogP contribution in [0, 0.1) is 5.82 Å². The summed E-state index contributed by atoms with van der Waals surface area (Å²) in [6, 6.07) is 8.29. The van der Waals surface area contributed by atoms with Crippen molar-refractivity contribution in [3.63, 3.8) is 0 Å². The van der Waals surface area contributed by atoms with Crippen LogP contribution in [0.1, 0.15) is 17.3 Å². The Bertz CT molecular complexity index is 811. The molecule has 130 valence electrons. The first-order valence-corrected chi connectivity index (χ1v) is 7.48. The van der Waals surface area contributed by atoms with Gasteiger partial charge < -0.3 is 20.2 Å². The summed E-state index contributed by atoms with van der Waals surface area (Å²) < 4.78 is 18.3. The van der Waals surface area contributed by atoms with E-state index in [2.05, 4.69) is 10.6 Å². The summed E-state index contributed by atoms with van der Waals surface area (Å²) >= 11 is 6.10. The van der Waals surface area contributed by atoms with Crippen molar-refractivity contribution in [1.29, 1.82) is 0 Å². The van der Waals surface area contributed by atoms with E-state index < -0.39 is 17.8 Å². The van der Waals surface area contributed by atoms with Gasteiger partial charge in [0.2, 0.25) is 0 Å². The van der Waals surface area contributed by atoms with Gasteiger partial charge in [0.1, 0.15) is 18.4 Å². The zero-order chi connectivity index (χ0) is 18.6. The highest BCUT2D eigenvalue weighted by Gasteiger charge is 2.26. The van der Waals surface area contributed by atoms with Gasteiger partial charge in [0.25, 0.3) is 11.8 Å². The molecule has 3 rings (SSSR count). The summed E-state index contributed by atoms with van der Waals surface area (Å²) in [5, 5.41) is 5.44. The highest BCUT2D eigenvalue weighted by atomic mass is 35.5. The van der Waals surface area contributed by atoms with Crippen molar-refractivity contribution in [2.75, 3.05) is 10.6 Å². The smallest absolute Gasteiger partial charge is 0.265 e. The van der Waals surface area contributed by atoms with Crippen LogP contribution in [0.15, 0.2) is 36.4 Å². The summed E-state index contributed by atoms with van der Waals surface area (Å²) in [6.07, 6.45) is -0.656. The first-order chi connectivity index (χ1) is 11.9. The van der Waals surface area contributed by atoms with Gasteiger partial charge in [-0.05, 0) is 43.3 Å². The predicted molar refractivity (Wildman–Crippen MR) is 91.6 cm³/mol. The van der Waals surface area contributed by atoms with Gasteiger partial charge in [-0.3, -0.25) is 9.59 Å². The van der Waals surface area contributed by atoms with Gasteiger partial charge in [0.05, 0.1) is 16.3 Å². The zero-order valence-electron chi connectivity index (χ0n) is 13.1. The Labute approximate surface area is 147 Å². The maximum Gasteiger partial charge on any atom is 0.265 e. The minimum Gasteiger partial charge on any atom is -0.479 e. The largest absolute Gasteiger partial charge is 0.479 e. The molecule has 1 aliphatic heterocycles. The van der Waals surface area contributed by atoms with Crippen molar-refractivity contribution in [2.24, 2.45) is 0 Å². The van der Waals surface area contributed by atoms with E-state index in [1.54, 1.807) is 6.92 Å². The van der Waals surface area contributed by atoms with Crippen LogP contribution >= 0.6 is 11.6 Å². The second-order valence-electron chi connectivity index (χ2n) is 5.04. The molecule has 8 heteroatoms. The molecule has 0 saturated carbocycles. The molecule has 1 heterocycles. The third-order valence-electron chi connectivity index (χ3n) is 3.35. The van der Waals surface area contributed by atoms with Gasteiger partial charge in [-0.2, -0.15) is 0 Å². The van der Waals surface area contributed by atoms with Gasteiger partial charge in [-0.15, -0.1) is 0 Å². The Morgan fingerprint density at radius 2 is 1.92 bits per heavy atom. The standard InChI is InChI=1S/C16H12ClFN2O3.CH2O/c1-8-15(21)20-13-7-12(17)11(6-14(13)23-8)16(22)19-10-4-2-9(18)3-5-10;1-2/h2-8H,1H3,(H,19,22)(H,20,21);1H2. The van der Waals surface area contributed by atoms with Gasteiger partial charge in [-0.25, -0.2) is 4.39 Å². The molecule has 1 atom stereocenters. The number of carbonyl (C=O) groups excluding carboxylic acids is 3. The molecule has 1 unspecified atom stereocenters. The average molecular weight is 365 g/mol. The first-order valence-electron chi connectivity index (χ1n) is 7.11. The zero-order valence-corrected chi connectivity index (χ0v) is 13.9. The fourth-order valence-electron chi connectivity index (χ4n) is 2.13. The van der Waals surface area contributed by atoms with Crippen LogP contribution in [-0.4, -0.2) is 24.7 Å². The number of hydrogen-bond acceptors (Lipinski definition) is 4. The Kier molecular flexibility index (Phi) is 5.71. The number of hydrogen-bond donors (Lipinski definition) is 2. The lowest BCUT2D eigenvalue weighted by atomic mass is 10.1. The van der Waals surface area contributed by atoms with Crippen LogP contribution in [0.4, 0.5) is 15.8 Å². The molecule has 0 aromatic heterocycles. The summed E-state index contributed by atoms with van der Waals surface area (Å²) in [6.45, 7) is 3.60. The maximum absolute atomic E-state index is 12.9. The molecule has 25 heavy (non-hydrogen) atoms. The molecule has 2 aromatic carbocycles. The normalized spacial score (nSPS) is 15.0. The third kappa shape index (κ3) is 4.13. The maximum atomic E-state index is 12.9. The van der Waals surface area contributed by atoms with E-state index in [9.17, 15) is 14.0 Å². The number of ether oxygens (including phenoxy) is 1. The first kappa shape index (κ1) is 18.4. The molecule has 0 spiro atoms. The van der Waals surface area contributed by atoms with E-state index in [1.807, 2.05) is 6.79 Å². The van der Waals surface area contributed by atoms with Crippen LogP contribution in [-0.2, 0) is 9.59 Å². The molecular weight excluding hydrogens is 351 g/mol. The number of halogens is 2. The van der Waals surface area contributed by atoms with Crippen molar-refractivity contribution in [3.05, 3.63) is 52.8 Å². The minimum atomic E-state index is -0.656. The predicted octanol–water partition coefficient (Wildman–Crippen LogP) is 3.27. The Morgan fingerprint density at radius 1 is 1.28 bits per heavy atom. The van der Waals surface area contributed by atoms with E-state index in [4.69, 9.17) is 21.1 Å². The van der Waals surface area contributed by atoms with Crippen LogP contribution in [0.2, 0.25) is 5.02 Å². The topological polar surface area (TPSA) is 84.5 Å².